The highest BCUT2D eigenvalue weighted by Crippen LogP contribution is 2.20. The molecule has 0 bridgehead atoms. The molecule has 86 valence electrons. The Hall–Kier alpha value is -1.58. The number of hydrazone groups is 1. The number of rotatable bonds is 2. The normalized spacial score (nSPS) is 23.3. The number of furan rings is 1. The van der Waals surface area contributed by atoms with Gasteiger partial charge >= 0.3 is 5.91 Å². The standard InChI is InChI=1S/C12H16N2O2/c1-9-5-2-3-6-10(9)13-14-12(15)11-7-4-8-16-11/h4,7-9H,2-3,5-6H2,1H3,(H,14,15)/b13-10+/t9-/m0/s1. The van der Waals surface area contributed by atoms with Gasteiger partial charge in [0.05, 0.1) is 6.26 Å². The molecule has 0 spiro atoms. The lowest BCUT2D eigenvalue weighted by Crippen LogP contribution is -2.23. The van der Waals surface area contributed by atoms with Crippen molar-refractivity contribution in [2.45, 2.75) is 32.6 Å². The molecule has 4 heteroatoms. The van der Waals surface area contributed by atoms with Gasteiger partial charge < -0.3 is 4.42 Å². The first-order valence-electron chi connectivity index (χ1n) is 5.67. The Labute approximate surface area is 94.7 Å². The van der Waals surface area contributed by atoms with Gasteiger partial charge in [0.2, 0.25) is 0 Å². The van der Waals surface area contributed by atoms with Crippen molar-refractivity contribution in [3.63, 3.8) is 0 Å². The third-order valence-electron chi connectivity index (χ3n) is 2.93. The minimum Gasteiger partial charge on any atom is -0.459 e. The fourth-order valence-corrected chi connectivity index (χ4v) is 1.92. The summed E-state index contributed by atoms with van der Waals surface area (Å²) in [5, 5.41) is 4.18. The van der Waals surface area contributed by atoms with Crippen molar-refractivity contribution in [2.24, 2.45) is 11.0 Å². The van der Waals surface area contributed by atoms with E-state index in [1.807, 2.05) is 0 Å². The molecule has 16 heavy (non-hydrogen) atoms. The maximum absolute atomic E-state index is 11.5. The molecule has 0 radical (unpaired) electrons. The van der Waals surface area contributed by atoms with E-state index in [2.05, 4.69) is 17.5 Å². The Morgan fingerprint density at radius 1 is 1.56 bits per heavy atom. The predicted molar refractivity (Wildman–Crippen MR) is 61.2 cm³/mol. The minimum atomic E-state index is -0.282. The van der Waals surface area contributed by atoms with Crippen LogP contribution in [0.4, 0.5) is 0 Å². The van der Waals surface area contributed by atoms with Crippen LogP contribution in [0.1, 0.15) is 43.2 Å². The van der Waals surface area contributed by atoms with Crippen LogP contribution >= 0.6 is 0 Å². The number of hydrogen-bond donors (Lipinski definition) is 1. The number of hydrogen-bond acceptors (Lipinski definition) is 3. The Balaban J connectivity index is 1.95. The number of nitrogens with zero attached hydrogens (tertiary/aromatic N) is 1. The van der Waals surface area contributed by atoms with Gasteiger partial charge in [0.25, 0.3) is 0 Å². The maximum atomic E-state index is 11.5. The van der Waals surface area contributed by atoms with Crippen molar-refractivity contribution in [2.75, 3.05) is 0 Å². The van der Waals surface area contributed by atoms with E-state index in [0.29, 0.717) is 11.7 Å². The first kappa shape index (κ1) is 10.9. The zero-order valence-corrected chi connectivity index (χ0v) is 9.40. The summed E-state index contributed by atoms with van der Waals surface area (Å²) in [6, 6.07) is 3.31. The number of carbonyl (C=O) groups excluding carboxylic acids is 1. The molecular weight excluding hydrogens is 204 g/mol. The molecule has 0 aromatic carbocycles. The Kier molecular flexibility index (Phi) is 3.39. The van der Waals surface area contributed by atoms with Crippen molar-refractivity contribution in [1.82, 2.24) is 5.43 Å². The summed E-state index contributed by atoms with van der Waals surface area (Å²) < 4.78 is 4.98. The molecule has 1 aliphatic rings. The van der Waals surface area contributed by atoms with Crippen molar-refractivity contribution >= 4 is 11.6 Å². The molecule has 1 atom stereocenters. The second kappa shape index (κ2) is 4.96. The zero-order valence-electron chi connectivity index (χ0n) is 9.40. The second-order valence-electron chi connectivity index (χ2n) is 4.17. The molecule has 0 saturated heterocycles. The molecule has 0 unspecified atom stereocenters. The molecule has 1 saturated carbocycles. The quantitative estimate of drug-likeness (QED) is 0.779. The largest absolute Gasteiger partial charge is 0.459 e. The summed E-state index contributed by atoms with van der Waals surface area (Å²) >= 11 is 0. The molecule has 1 aliphatic carbocycles. The van der Waals surface area contributed by atoms with Crippen molar-refractivity contribution in [3.8, 4) is 0 Å². The summed E-state index contributed by atoms with van der Waals surface area (Å²) in [6.07, 6.45) is 6.05. The Bertz CT molecular complexity index is 382. The Morgan fingerprint density at radius 2 is 2.44 bits per heavy atom. The average Bonchev–Trinajstić information content (AvgIpc) is 2.81. The third-order valence-corrected chi connectivity index (χ3v) is 2.93. The van der Waals surface area contributed by atoms with Crippen molar-refractivity contribution in [3.05, 3.63) is 24.2 Å². The van der Waals surface area contributed by atoms with Gasteiger partial charge in [0.1, 0.15) is 0 Å². The van der Waals surface area contributed by atoms with Crippen LogP contribution in [0.25, 0.3) is 0 Å². The zero-order chi connectivity index (χ0) is 11.4. The molecule has 1 aromatic rings. The monoisotopic (exact) mass is 220 g/mol. The van der Waals surface area contributed by atoms with E-state index in [4.69, 9.17) is 4.42 Å². The van der Waals surface area contributed by atoms with Gasteiger partial charge in [-0.1, -0.05) is 13.3 Å². The van der Waals surface area contributed by atoms with Crippen LogP contribution < -0.4 is 5.43 Å². The van der Waals surface area contributed by atoms with Crippen molar-refractivity contribution < 1.29 is 9.21 Å². The summed E-state index contributed by atoms with van der Waals surface area (Å²) in [6.45, 7) is 2.15. The molecule has 1 N–H and O–H groups in total. The van der Waals surface area contributed by atoms with E-state index in [1.54, 1.807) is 12.1 Å². The van der Waals surface area contributed by atoms with Gasteiger partial charge in [-0.25, -0.2) is 5.43 Å². The summed E-state index contributed by atoms with van der Waals surface area (Å²) in [7, 11) is 0. The van der Waals surface area contributed by atoms with Crippen LogP contribution in [-0.2, 0) is 0 Å². The minimum absolute atomic E-state index is 0.282. The number of carbonyl (C=O) groups is 1. The summed E-state index contributed by atoms with van der Waals surface area (Å²) in [4.78, 5) is 11.5. The molecular formula is C12H16N2O2. The molecule has 2 rings (SSSR count). The molecule has 1 aromatic heterocycles. The lowest BCUT2D eigenvalue weighted by Gasteiger charge is -2.19. The van der Waals surface area contributed by atoms with Crippen LogP contribution in [0.5, 0.6) is 0 Å². The SMILES string of the molecule is C[C@H]1CCCC/C1=N\NC(=O)c1ccco1. The lowest BCUT2D eigenvalue weighted by molar-refractivity contribution is 0.0927. The summed E-state index contributed by atoms with van der Waals surface area (Å²) in [5.74, 6) is 0.494. The van der Waals surface area contributed by atoms with Gasteiger partial charge in [-0.2, -0.15) is 5.10 Å². The molecule has 4 nitrogen and oxygen atoms in total. The third kappa shape index (κ3) is 2.51. The van der Waals surface area contributed by atoms with Gasteiger partial charge in [-0.3, -0.25) is 4.79 Å². The molecule has 1 fully saturated rings. The fraction of sp³-hybridized carbons (Fsp3) is 0.500. The fourth-order valence-electron chi connectivity index (χ4n) is 1.92. The topological polar surface area (TPSA) is 54.6 Å². The van der Waals surface area contributed by atoms with Gasteiger partial charge in [-0.15, -0.1) is 0 Å². The Morgan fingerprint density at radius 3 is 3.12 bits per heavy atom. The van der Waals surface area contributed by atoms with E-state index in [9.17, 15) is 4.79 Å². The van der Waals surface area contributed by atoms with E-state index < -0.39 is 0 Å². The highest BCUT2D eigenvalue weighted by molar-refractivity contribution is 5.93. The van der Waals surface area contributed by atoms with Gasteiger partial charge in [-0.05, 0) is 37.3 Å². The maximum Gasteiger partial charge on any atom is 0.307 e. The average molecular weight is 220 g/mol. The van der Waals surface area contributed by atoms with Crippen LogP contribution in [-0.4, -0.2) is 11.6 Å². The smallest absolute Gasteiger partial charge is 0.307 e. The summed E-state index contributed by atoms with van der Waals surface area (Å²) in [5.41, 5.74) is 3.63. The van der Waals surface area contributed by atoms with Crippen molar-refractivity contribution in [1.29, 1.82) is 0 Å². The van der Waals surface area contributed by atoms with E-state index in [0.717, 1.165) is 18.6 Å². The number of amides is 1. The predicted octanol–water partition coefficient (Wildman–Crippen LogP) is 2.58. The highest BCUT2D eigenvalue weighted by Gasteiger charge is 2.16. The van der Waals surface area contributed by atoms with Crippen LogP contribution in [0, 0.1) is 5.92 Å². The van der Waals surface area contributed by atoms with Gasteiger partial charge in [0.15, 0.2) is 5.76 Å². The van der Waals surface area contributed by atoms with Crippen LogP contribution in [0.2, 0.25) is 0 Å². The van der Waals surface area contributed by atoms with Gasteiger partial charge in [0, 0.05) is 5.71 Å². The highest BCUT2D eigenvalue weighted by atomic mass is 16.3. The van der Waals surface area contributed by atoms with E-state index >= 15 is 0 Å². The molecule has 1 heterocycles. The van der Waals surface area contributed by atoms with Crippen LogP contribution in [0.3, 0.4) is 0 Å². The molecule has 0 aliphatic heterocycles. The van der Waals surface area contributed by atoms with E-state index in [-0.39, 0.29) is 5.91 Å². The van der Waals surface area contributed by atoms with Crippen LogP contribution in [0.15, 0.2) is 27.9 Å². The lowest BCUT2D eigenvalue weighted by atomic mass is 9.89. The number of nitrogens with one attached hydrogen (secondary N) is 1. The first-order chi connectivity index (χ1) is 7.77. The second-order valence-corrected chi connectivity index (χ2v) is 4.17. The first-order valence-corrected chi connectivity index (χ1v) is 5.67. The van der Waals surface area contributed by atoms with E-state index in [1.165, 1.54) is 19.1 Å². The molecule has 1 amide bonds.